The van der Waals surface area contributed by atoms with Crippen LogP contribution in [0, 0.1) is 0 Å². The average Bonchev–Trinajstić information content (AvgIpc) is 2.41. The predicted octanol–water partition coefficient (Wildman–Crippen LogP) is 0.421. The molecule has 2 heterocycles. The summed E-state index contributed by atoms with van der Waals surface area (Å²) in [6, 6.07) is 0.0356. The highest BCUT2D eigenvalue weighted by Crippen LogP contribution is 2.06. The summed E-state index contributed by atoms with van der Waals surface area (Å²) in [5, 5.41) is 6.28. The van der Waals surface area contributed by atoms with Crippen LogP contribution in [0.25, 0.3) is 0 Å². The van der Waals surface area contributed by atoms with Crippen molar-refractivity contribution in [2.75, 3.05) is 45.9 Å². The fourth-order valence-corrected chi connectivity index (χ4v) is 2.36. The molecular formula is C12H25Cl2N3O2. The smallest absolute Gasteiger partial charge is 0.237 e. The number of carbonyl (C=O) groups excluding carboxylic acids is 1. The lowest BCUT2D eigenvalue weighted by Gasteiger charge is -2.27. The molecule has 114 valence electrons. The van der Waals surface area contributed by atoms with Crippen molar-refractivity contribution < 1.29 is 9.53 Å². The molecule has 0 radical (unpaired) electrons. The summed E-state index contributed by atoms with van der Waals surface area (Å²) in [5.74, 6) is 0.165. The molecular weight excluding hydrogens is 289 g/mol. The van der Waals surface area contributed by atoms with Gasteiger partial charge in [0.05, 0.1) is 19.3 Å². The fourth-order valence-electron chi connectivity index (χ4n) is 2.36. The molecule has 0 bridgehead atoms. The first kappa shape index (κ1) is 18.9. The minimum absolute atomic E-state index is 0. The second kappa shape index (κ2) is 10.7. The van der Waals surface area contributed by atoms with Crippen LogP contribution in [0.3, 0.4) is 0 Å². The zero-order valence-corrected chi connectivity index (χ0v) is 12.9. The van der Waals surface area contributed by atoms with E-state index < -0.39 is 0 Å². The molecule has 0 aromatic rings. The van der Waals surface area contributed by atoms with Crippen LogP contribution in [0.4, 0.5) is 0 Å². The van der Waals surface area contributed by atoms with Crippen LogP contribution in [0.1, 0.15) is 19.3 Å². The van der Waals surface area contributed by atoms with Gasteiger partial charge >= 0.3 is 0 Å². The number of ether oxygens (including phenoxy) is 1. The summed E-state index contributed by atoms with van der Waals surface area (Å²) < 4.78 is 5.28. The van der Waals surface area contributed by atoms with Gasteiger partial charge in [-0.2, -0.15) is 0 Å². The molecule has 0 aromatic carbocycles. The van der Waals surface area contributed by atoms with Crippen LogP contribution in [-0.2, 0) is 9.53 Å². The molecule has 7 heteroatoms. The summed E-state index contributed by atoms with van der Waals surface area (Å²) in [5.41, 5.74) is 0. The van der Waals surface area contributed by atoms with Crippen molar-refractivity contribution in [1.29, 1.82) is 0 Å². The number of rotatable bonds is 4. The Morgan fingerprint density at radius 1 is 1.26 bits per heavy atom. The van der Waals surface area contributed by atoms with Gasteiger partial charge in [0.15, 0.2) is 0 Å². The monoisotopic (exact) mass is 313 g/mol. The van der Waals surface area contributed by atoms with Crippen molar-refractivity contribution in [3.8, 4) is 0 Å². The number of piperidine rings is 1. The van der Waals surface area contributed by atoms with Crippen molar-refractivity contribution in [2.24, 2.45) is 0 Å². The molecule has 0 spiro atoms. The van der Waals surface area contributed by atoms with Gasteiger partial charge in [0.1, 0.15) is 0 Å². The van der Waals surface area contributed by atoms with Crippen LogP contribution in [0.2, 0.25) is 0 Å². The summed E-state index contributed by atoms with van der Waals surface area (Å²) in [4.78, 5) is 14.2. The van der Waals surface area contributed by atoms with Crippen molar-refractivity contribution in [1.82, 2.24) is 15.5 Å². The highest BCUT2D eigenvalue weighted by molar-refractivity contribution is 5.85. The van der Waals surface area contributed by atoms with E-state index in [0.29, 0.717) is 0 Å². The number of carbonyl (C=O) groups is 1. The number of hydrogen-bond acceptors (Lipinski definition) is 4. The highest BCUT2D eigenvalue weighted by Gasteiger charge is 2.20. The molecule has 1 atom stereocenters. The molecule has 1 amide bonds. The van der Waals surface area contributed by atoms with E-state index in [2.05, 4.69) is 15.5 Å². The summed E-state index contributed by atoms with van der Waals surface area (Å²) >= 11 is 0. The molecule has 2 aliphatic heterocycles. The lowest BCUT2D eigenvalue weighted by Crippen LogP contribution is -2.48. The van der Waals surface area contributed by atoms with Gasteiger partial charge in [-0.25, -0.2) is 0 Å². The third-order valence-corrected chi connectivity index (χ3v) is 3.46. The largest absolute Gasteiger partial charge is 0.379 e. The minimum atomic E-state index is 0. The van der Waals surface area contributed by atoms with Gasteiger partial charge in [0.2, 0.25) is 5.91 Å². The fraction of sp³-hybridized carbons (Fsp3) is 0.917. The van der Waals surface area contributed by atoms with Gasteiger partial charge in [-0.05, 0) is 19.4 Å². The molecule has 2 N–H and O–H groups in total. The average molecular weight is 314 g/mol. The first-order chi connectivity index (χ1) is 8.36. The molecule has 0 saturated carbocycles. The summed E-state index contributed by atoms with van der Waals surface area (Å²) in [6.45, 7) is 6.26. The zero-order valence-electron chi connectivity index (χ0n) is 11.2. The number of nitrogens with zero attached hydrogens (tertiary/aromatic N) is 1. The first-order valence-corrected chi connectivity index (χ1v) is 6.67. The number of halogens is 2. The molecule has 0 unspecified atom stereocenters. The molecule has 2 rings (SSSR count). The van der Waals surface area contributed by atoms with Crippen LogP contribution in [0.5, 0.6) is 0 Å². The standard InChI is InChI=1S/C12H23N3O2.2ClH/c16-12(11-3-1-2-4-13-11)14-5-6-15-7-9-17-10-8-15;;/h11,13H,1-10H2,(H,14,16);2*1H/t11-;;/m1../s1. The Bertz CT molecular complexity index is 245. The lowest BCUT2D eigenvalue weighted by molar-refractivity contribution is -0.123. The number of nitrogens with one attached hydrogen (secondary N) is 2. The van der Waals surface area contributed by atoms with Gasteiger partial charge in [0.25, 0.3) is 0 Å². The number of morpholine rings is 1. The van der Waals surface area contributed by atoms with Gasteiger partial charge in [-0.15, -0.1) is 24.8 Å². The Morgan fingerprint density at radius 2 is 2.00 bits per heavy atom. The van der Waals surface area contributed by atoms with Crippen molar-refractivity contribution >= 4 is 30.7 Å². The predicted molar refractivity (Wildman–Crippen MR) is 80.4 cm³/mol. The summed E-state index contributed by atoms with van der Waals surface area (Å²) in [7, 11) is 0. The third kappa shape index (κ3) is 6.77. The topological polar surface area (TPSA) is 53.6 Å². The number of amides is 1. The maximum absolute atomic E-state index is 11.8. The van der Waals surface area contributed by atoms with Crippen molar-refractivity contribution in [3.63, 3.8) is 0 Å². The van der Waals surface area contributed by atoms with Crippen molar-refractivity contribution in [2.45, 2.75) is 25.3 Å². The van der Waals surface area contributed by atoms with Gasteiger partial charge in [0, 0.05) is 26.2 Å². The van der Waals surface area contributed by atoms with E-state index in [9.17, 15) is 4.79 Å². The van der Waals surface area contributed by atoms with Crippen molar-refractivity contribution in [3.05, 3.63) is 0 Å². The van der Waals surface area contributed by atoms with E-state index in [0.717, 1.165) is 58.8 Å². The maximum atomic E-state index is 11.8. The molecule has 2 fully saturated rings. The Hall–Kier alpha value is -0.0700. The molecule has 0 aromatic heterocycles. The Morgan fingerprint density at radius 3 is 2.63 bits per heavy atom. The third-order valence-electron chi connectivity index (χ3n) is 3.46. The zero-order chi connectivity index (χ0) is 11.9. The van der Waals surface area contributed by atoms with Crippen LogP contribution < -0.4 is 10.6 Å². The van der Waals surface area contributed by atoms with Gasteiger partial charge in [-0.3, -0.25) is 9.69 Å². The Kier molecular flexibility index (Phi) is 10.6. The molecule has 5 nitrogen and oxygen atoms in total. The van der Waals surface area contributed by atoms with E-state index in [-0.39, 0.29) is 36.8 Å². The second-order valence-corrected chi connectivity index (χ2v) is 4.75. The van der Waals surface area contributed by atoms with E-state index in [1.54, 1.807) is 0 Å². The molecule has 19 heavy (non-hydrogen) atoms. The van der Waals surface area contributed by atoms with E-state index in [1.165, 1.54) is 6.42 Å². The molecule has 2 aliphatic rings. The number of hydrogen-bond donors (Lipinski definition) is 2. The lowest BCUT2D eigenvalue weighted by atomic mass is 10.0. The first-order valence-electron chi connectivity index (χ1n) is 6.67. The van der Waals surface area contributed by atoms with Crippen LogP contribution in [0.15, 0.2) is 0 Å². The van der Waals surface area contributed by atoms with E-state index in [4.69, 9.17) is 4.74 Å². The highest BCUT2D eigenvalue weighted by atomic mass is 35.5. The second-order valence-electron chi connectivity index (χ2n) is 4.75. The van der Waals surface area contributed by atoms with E-state index >= 15 is 0 Å². The Labute approximate surface area is 127 Å². The minimum Gasteiger partial charge on any atom is -0.379 e. The quantitative estimate of drug-likeness (QED) is 0.790. The van der Waals surface area contributed by atoms with Crippen LogP contribution in [-0.4, -0.2) is 62.8 Å². The Balaban J connectivity index is 0.00000162. The van der Waals surface area contributed by atoms with Gasteiger partial charge < -0.3 is 15.4 Å². The maximum Gasteiger partial charge on any atom is 0.237 e. The molecule has 0 aliphatic carbocycles. The summed E-state index contributed by atoms with van der Waals surface area (Å²) in [6.07, 6.45) is 3.33. The van der Waals surface area contributed by atoms with Crippen LogP contribution >= 0.6 is 24.8 Å². The van der Waals surface area contributed by atoms with E-state index in [1.807, 2.05) is 0 Å². The SMILES string of the molecule is Cl.Cl.O=C(NCCN1CCOCC1)[C@H]1CCCCN1. The van der Waals surface area contributed by atoms with Gasteiger partial charge in [-0.1, -0.05) is 6.42 Å². The molecule has 2 saturated heterocycles. The normalized spacial score (nSPS) is 23.9.